The maximum absolute atomic E-state index is 12.6. The van der Waals surface area contributed by atoms with E-state index in [2.05, 4.69) is 41.2 Å². The summed E-state index contributed by atoms with van der Waals surface area (Å²) in [5.74, 6) is 0.911. The van der Waals surface area contributed by atoms with E-state index in [1.54, 1.807) is 6.20 Å². The van der Waals surface area contributed by atoms with Crippen molar-refractivity contribution in [1.29, 1.82) is 0 Å². The lowest BCUT2D eigenvalue weighted by molar-refractivity contribution is -0.120. The van der Waals surface area contributed by atoms with Crippen LogP contribution in [0, 0.1) is 0 Å². The van der Waals surface area contributed by atoms with Crippen LogP contribution in [-0.2, 0) is 4.79 Å². The molecule has 1 saturated heterocycles. The molecule has 0 saturated carbocycles. The van der Waals surface area contributed by atoms with Gasteiger partial charge in [-0.3, -0.25) is 9.69 Å². The second-order valence-corrected chi connectivity index (χ2v) is 7.60. The summed E-state index contributed by atoms with van der Waals surface area (Å²) >= 11 is 3.40. The minimum absolute atomic E-state index is 0.00104. The molecule has 0 aliphatic carbocycles. The molecule has 1 aromatic carbocycles. The molecule has 1 aromatic heterocycles. The van der Waals surface area contributed by atoms with E-state index < -0.39 is 0 Å². The number of amides is 1. The molecule has 1 aliphatic rings. The lowest BCUT2D eigenvalue weighted by Gasteiger charge is -2.31. The Labute approximate surface area is 162 Å². The molecule has 2 heterocycles. The van der Waals surface area contributed by atoms with Gasteiger partial charge in [0.15, 0.2) is 5.82 Å². The number of anilines is 2. The fraction of sp³-hybridized carbons (Fsp3) is 0.421. The summed E-state index contributed by atoms with van der Waals surface area (Å²) in [4.78, 5) is 17.0. The van der Waals surface area contributed by atoms with E-state index in [4.69, 9.17) is 0 Å². The molecule has 3 rings (SSSR count). The van der Waals surface area contributed by atoms with Gasteiger partial charge >= 0.3 is 0 Å². The van der Waals surface area contributed by atoms with Gasteiger partial charge < -0.3 is 10.2 Å². The number of likely N-dealkylation sites (N-methyl/N-ethyl adjacent to an activating group) is 1. The number of hydrogen-bond donors (Lipinski definition) is 1. The van der Waals surface area contributed by atoms with Crippen molar-refractivity contribution >= 4 is 33.3 Å². The van der Waals surface area contributed by atoms with Crippen molar-refractivity contribution in [1.82, 2.24) is 15.1 Å². The Morgan fingerprint density at radius 3 is 2.85 bits per heavy atom. The molecule has 1 N–H and O–H groups in total. The molecular formula is C19H24BrN5O. The average molecular weight is 418 g/mol. The van der Waals surface area contributed by atoms with Crippen LogP contribution in [-0.4, -0.2) is 53.2 Å². The highest BCUT2D eigenvalue weighted by molar-refractivity contribution is 9.10. The van der Waals surface area contributed by atoms with Gasteiger partial charge in [-0.2, -0.15) is 5.10 Å². The highest BCUT2D eigenvalue weighted by Gasteiger charge is 2.29. The van der Waals surface area contributed by atoms with Gasteiger partial charge in [-0.05, 0) is 63.2 Å². The quantitative estimate of drug-likeness (QED) is 0.781. The number of carbonyl (C=O) groups is 1. The highest BCUT2D eigenvalue weighted by atomic mass is 79.9. The zero-order valence-corrected chi connectivity index (χ0v) is 16.7. The predicted octanol–water partition coefficient (Wildman–Crippen LogP) is 3.17. The molecule has 0 radical (unpaired) electrons. The van der Waals surface area contributed by atoms with Crippen LogP contribution in [0.1, 0.15) is 19.8 Å². The number of hydrogen-bond acceptors (Lipinski definition) is 5. The Morgan fingerprint density at radius 2 is 2.15 bits per heavy atom. The van der Waals surface area contributed by atoms with E-state index in [-0.39, 0.29) is 11.9 Å². The molecule has 2 atom stereocenters. The van der Waals surface area contributed by atoms with Gasteiger partial charge in [0, 0.05) is 35.5 Å². The Bertz CT molecular complexity index is 724. The molecule has 0 spiro atoms. The Kier molecular flexibility index (Phi) is 6.21. The maximum atomic E-state index is 12.6. The van der Waals surface area contributed by atoms with Crippen molar-refractivity contribution in [3.8, 4) is 0 Å². The maximum Gasteiger partial charge on any atom is 0.241 e. The van der Waals surface area contributed by atoms with Crippen LogP contribution in [0.2, 0.25) is 0 Å². The first-order chi connectivity index (χ1) is 12.5. The summed E-state index contributed by atoms with van der Waals surface area (Å²) in [5.41, 5.74) is 0.806. The zero-order valence-electron chi connectivity index (χ0n) is 15.1. The average Bonchev–Trinajstić information content (AvgIpc) is 3.11. The third-order valence-corrected chi connectivity index (χ3v) is 5.41. The molecule has 0 bridgehead atoms. The van der Waals surface area contributed by atoms with Crippen LogP contribution in [0.4, 0.5) is 11.5 Å². The molecule has 1 fully saturated rings. The van der Waals surface area contributed by atoms with Crippen molar-refractivity contribution in [2.45, 2.75) is 31.8 Å². The topological polar surface area (TPSA) is 61.4 Å². The molecule has 2 unspecified atom stereocenters. The molecule has 7 heteroatoms. The number of nitrogens with one attached hydrogen (secondary N) is 1. The largest absolute Gasteiger partial charge is 0.351 e. The lowest BCUT2D eigenvalue weighted by atomic mass is 10.1. The first-order valence-electron chi connectivity index (χ1n) is 8.85. The van der Waals surface area contributed by atoms with Crippen LogP contribution in [0.3, 0.4) is 0 Å². The first-order valence-corrected chi connectivity index (χ1v) is 9.65. The third kappa shape index (κ3) is 4.59. The summed E-state index contributed by atoms with van der Waals surface area (Å²) < 4.78 is 0.992. The Hall–Kier alpha value is -1.99. The van der Waals surface area contributed by atoms with E-state index in [1.165, 1.54) is 0 Å². The Balaban J connectivity index is 1.58. The predicted molar refractivity (Wildman–Crippen MR) is 107 cm³/mol. The number of benzene rings is 1. The van der Waals surface area contributed by atoms with Crippen LogP contribution < -0.4 is 10.2 Å². The monoisotopic (exact) mass is 417 g/mol. The normalized spacial score (nSPS) is 18.2. The summed E-state index contributed by atoms with van der Waals surface area (Å²) in [6, 6.07) is 11.7. The van der Waals surface area contributed by atoms with Crippen LogP contribution in [0.25, 0.3) is 0 Å². The summed E-state index contributed by atoms with van der Waals surface area (Å²) in [5, 5.41) is 11.2. The summed E-state index contributed by atoms with van der Waals surface area (Å²) in [6.45, 7) is 3.73. The molecule has 1 amide bonds. The second-order valence-electron chi connectivity index (χ2n) is 6.68. The highest BCUT2D eigenvalue weighted by Crippen LogP contribution is 2.24. The van der Waals surface area contributed by atoms with Gasteiger partial charge in [0.2, 0.25) is 5.91 Å². The number of nitrogens with zero attached hydrogens (tertiary/aromatic N) is 4. The molecule has 6 nitrogen and oxygen atoms in total. The first kappa shape index (κ1) is 18.8. The zero-order chi connectivity index (χ0) is 18.5. The minimum Gasteiger partial charge on any atom is -0.351 e. The van der Waals surface area contributed by atoms with Gasteiger partial charge in [0.1, 0.15) is 0 Å². The van der Waals surface area contributed by atoms with Gasteiger partial charge in [-0.15, -0.1) is 5.10 Å². The van der Waals surface area contributed by atoms with Crippen molar-refractivity contribution in [3.05, 3.63) is 47.1 Å². The van der Waals surface area contributed by atoms with Gasteiger partial charge in [0.25, 0.3) is 0 Å². The van der Waals surface area contributed by atoms with Crippen LogP contribution >= 0.6 is 15.9 Å². The van der Waals surface area contributed by atoms with E-state index in [9.17, 15) is 4.79 Å². The lowest BCUT2D eigenvalue weighted by Crippen LogP contribution is -2.46. The summed E-state index contributed by atoms with van der Waals surface area (Å²) in [6.07, 6.45) is 3.92. The number of carbonyl (C=O) groups excluding carboxylic acids is 1. The molecule has 1 aliphatic heterocycles. The molecule has 138 valence electrons. The SMILES string of the molecule is CC(C(=O)Nc1ccc(Br)cc1)N(C)CC1CCCN1c1cccnn1. The van der Waals surface area contributed by atoms with Crippen molar-refractivity contribution < 1.29 is 4.79 Å². The second kappa shape index (κ2) is 8.60. The minimum atomic E-state index is -0.219. The molecular weight excluding hydrogens is 394 g/mol. The fourth-order valence-electron chi connectivity index (χ4n) is 3.24. The van der Waals surface area contributed by atoms with Crippen molar-refractivity contribution in [2.24, 2.45) is 0 Å². The Morgan fingerprint density at radius 1 is 1.38 bits per heavy atom. The number of aromatic nitrogens is 2. The number of halogens is 1. The smallest absolute Gasteiger partial charge is 0.241 e. The standard InChI is InChI=1S/C19H24BrN5O/c1-14(19(26)22-16-9-7-15(20)8-10-16)24(2)13-17-5-4-12-25(17)18-6-3-11-21-23-18/h3,6-11,14,17H,4-5,12-13H2,1-2H3,(H,22,26). The van der Waals surface area contributed by atoms with Gasteiger partial charge in [-0.1, -0.05) is 15.9 Å². The van der Waals surface area contributed by atoms with E-state index in [0.29, 0.717) is 6.04 Å². The molecule has 2 aromatic rings. The van der Waals surface area contributed by atoms with Gasteiger partial charge in [-0.25, -0.2) is 0 Å². The van der Waals surface area contributed by atoms with E-state index in [0.717, 1.165) is 41.9 Å². The van der Waals surface area contributed by atoms with Crippen molar-refractivity contribution in [2.75, 3.05) is 30.4 Å². The van der Waals surface area contributed by atoms with Crippen molar-refractivity contribution in [3.63, 3.8) is 0 Å². The summed E-state index contributed by atoms with van der Waals surface area (Å²) in [7, 11) is 2.00. The molecule has 26 heavy (non-hydrogen) atoms. The number of rotatable bonds is 6. The third-order valence-electron chi connectivity index (χ3n) is 4.88. The van der Waals surface area contributed by atoms with Gasteiger partial charge in [0.05, 0.1) is 6.04 Å². The fourth-order valence-corrected chi connectivity index (χ4v) is 3.51. The van der Waals surface area contributed by atoms with E-state index in [1.807, 2.05) is 50.4 Å². The van der Waals surface area contributed by atoms with Crippen LogP contribution in [0.5, 0.6) is 0 Å². The van der Waals surface area contributed by atoms with E-state index >= 15 is 0 Å². The van der Waals surface area contributed by atoms with Crippen LogP contribution in [0.15, 0.2) is 47.1 Å².